The van der Waals surface area contributed by atoms with E-state index in [1.54, 1.807) is 0 Å². The minimum atomic E-state index is 0.125. The van der Waals surface area contributed by atoms with E-state index < -0.39 is 0 Å². The van der Waals surface area contributed by atoms with Gasteiger partial charge < -0.3 is 10.5 Å². The van der Waals surface area contributed by atoms with E-state index in [1.807, 2.05) is 6.92 Å². The maximum atomic E-state index is 5.53. The van der Waals surface area contributed by atoms with Crippen LogP contribution in [0.2, 0.25) is 0 Å². The van der Waals surface area contributed by atoms with Crippen LogP contribution in [0.4, 0.5) is 5.95 Å². The van der Waals surface area contributed by atoms with Gasteiger partial charge in [-0.25, -0.2) is 4.98 Å². The molecule has 0 aliphatic rings. The first-order chi connectivity index (χ1) is 8.21. The SMILES string of the molecule is CCc1nsc(Sc2nc(N)nc(OC)n2)n1. The topological polar surface area (TPSA) is 99.7 Å². The first-order valence-corrected chi connectivity index (χ1v) is 6.36. The smallest absolute Gasteiger partial charge is 0.321 e. The Morgan fingerprint density at radius 2 is 2.12 bits per heavy atom. The number of rotatable bonds is 4. The number of hydrogen-bond acceptors (Lipinski definition) is 9. The van der Waals surface area contributed by atoms with E-state index >= 15 is 0 Å². The lowest BCUT2D eigenvalue weighted by molar-refractivity contribution is 0.374. The lowest BCUT2D eigenvalue weighted by atomic mass is 10.5. The molecule has 0 spiro atoms. The van der Waals surface area contributed by atoms with Gasteiger partial charge in [0.05, 0.1) is 7.11 Å². The largest absolute Gasteiger partial charge is 0.467 e. The van der Waals surface area contributed by atoms with Gasteiger partial charge in [0.15, 0.2) is 4.34 Å². The Hall–Kier alpha value is -1.48. The van der Waals surface area contributed by atoms with E-state index in [9.17, 15) is 0 Å². The van der Waals surface area contributed by atoms with Gasteiger partial charge in [-0.1, -0.05) is 6.92 Å². The van der Waals surface area contributed by atoms with Crippen LogP contribution in [0.25, 0.3) is 0 Å². The number of methoxy groups -OCH3 is 1. The van der Waals surface area contributed by atoms with Crippen LogP contribution in [-0.4, -0.2) is 31.4 Å². The van der Waals surface area contributed by atoms with Gasteiger partial charge in [0.25, 0.3) is 0 Å². The molecule has 0 saturated heterocycles. The molecule has 90 valence electrons. The minimum Gasteiger partial charge on any atom is -0.467 e. The summed E-state index contributed by atoms with van der Waals surface area (Å²) >= 11 is 2.60. The van der Waals surface area contributed by atoms with Gasteiger partial charge in [-0.2, -0.15) is 19.3 Å². The zero-order chi connectivity index (χ0) is 12.3. The maximum absolute atomic E-state index is 5.53. The van der Waals surface area contributed by atoms with Crippen LogP contribution < -0.4 is 10.5 Å². The fraction of sp³-hybridized carbons (Fsp3) is 0.375. The van der Waals surface area contributed by atoms with E-state index in [1.165, 1.54) is 30.4 Å². The molecule has 0 atom stereocenters. The molecule has 9 heteroatoms. The standard InChI is InChI=1S/C8H10N6OS2/c1-3-4-10-8(17-14-4)16-7-12-5(9)11-6(13-7)15-2/h3H2,1-2H3,(H2,9,11,12,13). The van der Waals surface area contributed by atoms with Crippen LogP contribution in [0.5, 0.6) is 6.01 Å². The summed E-state index contributed by atoms with van der Waals surface area (Å²) in [6.45, 7) is 2.00. The Labute approximate surface area is 106 Å². The van der Waals surface area contributed by atoms with E-state index in [0.29, 0.717) is 5.16 Å². The second-order valence-corrected chi connectivity index (χ2v) is 4.86. The van der Waals surface area contributed by atoms with Crippen molar-refractivity contribution in [1.29, 1.82) is 0 Å². The highest BCUT2D eigenvalue weighted by molar-refractivity contribution is 8.00. The van der Waals surface area contributed by atoms with Gasteiger partial charge in [0, 0.05) is 6.42 Å². The van der Waals surface area contributed by atoms with Crippen molar-refractivity contribution in [2.24, 2.45) is 0 Å². The van der Waals surface area contributed by atoms with Crippen molar-refractivity contribution in [1.82, 2.24) is 24.3 Å². The Morgan fingerprint density at radius 1 is 1.29 bits per heavy atom. The molecule has 0 radical (unpaired) electrons. The molecule has 7 nitrogen and oxygen atoms in total. The molecule has 2 heterocycles. The third-order valence-electron chi connectivity index (χ3n) is 1.74. The predicted octanol–water partition coefficient (Wildman–Crippen LogP) is 1.03. The molecule has 0 aliphatic carbocycles. The molecule has 0 bridgehead atoms. The summed E-state index contributed by atoms with van der Waals surface area (Å²) in [6.07, 6.45) is 0.805. The molecule has 0 saturated carbocycles. The molecule has 0 aromatic carbocycles. The highest BCUT2D eigenvalue weighted by atomic mass is 32.2. The van der Waals surface area contributed by atoms with Crippen LogP contribution in [0.3, 0.4) is 0 Å². The number of aromatic nitrogens is 5. The fourth-order valence-electron chi connectivity index (χ4n) is 0.991. The number of anilines is 1. The van der Waals surface area contributed by atoms with Crippen molar-refractivity contribution >= 4 is 29.2 Å². The molecule has 0 unspecified atom stereocenters. The van der Waals surface area contributed by atoms with Crippen LogP contribution in [-0.2, 0) is 6.42 Å². The van der Waals surface area contributed by atoms with Crippen molar-refractivity contribution in [2.45, 2.75) is 22.8 Å². The van der Waals surface area contributed by atoms with E-state index in [4.69, 9.17) is 10.5 Å². The summed E-state index contributed by atoms with van der Waals surface area (Å²) in [6, 6.07) is 0.195. The Kier molecular flexibility index (Phi) is 3.69. The first-order valence-electron chi connectivity index (χ1n) is 4.77. The van der Waals surface area contributed by atoms with E-state index in [0.717, 1.165) is 16.6 Å². The Balaban J connectivity index is 2.20. The highest BCUT2D eigenvalue weighted by Crippen LogP contribution is 2.27. The van der Waals surface area contributed by atoms with Gasteiger partial charge in [-0.15, -0.1) is 0 Å². The third kappa shape index (κ3) is 3.01. The zero-order valence-corrected chi connectivity index (χ0v) is 10.9. The monoisotopic (exact) mass is 270 g/mol. The van der Waals surface area contributed by atoms with Gasteiger partial charge >= 0.3 is 6.01 Å². The summed E-state index contributed by atoms with van der Waals surface area (Å²) in [5.41, 5.74) is 5.53. The maximum Gasteiger partial charge on any atom is 0.321 e. The average Bonchev–Trinajstić information content (AvgIpc) is 2.76. The molecule has 2 aromatic heterocycles. The number of ether oxygens (including phenoxy) is 1. The zero-order valence-electron chi connectivity index (χ0n) is 9.25. The number of nitrogens with zero attached hydrogens (tertiary/aromatic N) is 5. The highest BCUT2D eigenvalue weighted by Gasteiger charge is 2.10. The molecule has 0 aliphatic heterocycles. The van der Waals surface area contributed by atoms with Crippen molar-refractivity contribution in [2.75, 3.05) is 12.8 Å². The van der Waals surface area contributed by atoms with Crippen molar-refractivity contribution in [3.8, 4) is 6.01 Å². The van der Waals surface area contributed by atoms with Gasteiger partial charge in [0.2, 0.25) is 11.1 Å². The fourth-order valence-corrected chi connectivity index (χ4v) is 2.55. The van der Waals surface area contributed by atoms with Crippen molar-refractivity contribution in [3.63, 3.8) is 0 Å². The molecule has 0 amide bonds. The number of nitrogens with two attached hydrogens (primary N) is 1. The molecular weight excluding hydrogens is 260 g/mol. The Bertz CT molecular complexity index is 516. The third-order valence-corrected chi connectivity index (χ3v) is 3.39. The van der Waals surface area contributed by atoms with Crippen LogP contribution in [0, 0.1) is 0 Å². The summed E-state index contributed by atoms with van der Waals surface area (Å²) < 4.78 is 9.86. The lowest BCUT2D eigenvalue weighted by Gasteiger charge is -2.00. The predicted molar refractivity (Wildman–Crippen MR) is 64.2 cm³/mol. The minimum absolute atomic E-state index is 0.125. The van der Waals surface area contributed by atoms with E-state index in [-0.39, 0.29) is 12.0 Å². The average molecular weight is 270 g/mol. The number of nitrogen functional groups attached to an aromatic ring is 1. The van der Waals surface area contributed by atoms with Gasteiger partial charge in [-0.3, -0.25) is 0 Å². The van der Waals surface area contributed by atoms with Crippen molar-refractivity contribution in [3.05, 3.63) is 5.82 Å². The van der Waals surface area contributed by atoms with Crippen LogP contribution >= 0.6 is 23.3 Å². The first kappa shape index (κ1) is 12.0. The summed E-state index contributed by atoms with van der Waals surface area (Å²) in [5, 5.41) is 0.452. The number of hydrogen-bond donors (Lipinski definition) is 1. The van der Waals surface area contributed by atoms with Gasteiger partial charge in [0.1, 0.15) is 5.82 Å². The summed E-state index contributed by atoms with van der Waals surface area (Å²) in [7, 11) is 1.48. The molecule has 2 aromatic rings. The second kappa shape index (κ2) is 5.23. The molecule has 2 rings (SSSR count). The second-order valence-electron chi connectivity index (χ2n) is 2.90. The summed E-state index contributed by atoms with van der Waals surface area (Å²) in [5.74, 6) is 0.936. The number of aryl methyl sites for hydroxylation is 1. The Morgan fingerprint density at radius 3 is 2.76 bits per heavy atom. The van der Waals surface area contributed by atoms with Crippen LogP contribution in [0.15, 0.2) is 9.50 Å². The molecule has 2 N–H and O–H groups in total. The molecule has 17 heavy (non-hydrogen) atoms. The lowest BCUT2D eigenvalue weighted by Crippen LogP contribution is -2.01. The molecule has 0 fully saturated rings. The normalized spacial score (nSPS) is 10.5. The van der Waals surface area contributed by atoms with E-state index in [2.05, 4.69) is 24.3 Å². The molecular formula is C8H10N6OS2. The van der Waals surface area contributed by atoms with Crippen molar-refractivity contribution < 1.29 is 4.74 Å². The summed E-state index contributed by atoms with van der Waals surface area (Å²) in [4.78, 5) is 16.1. The van der Waals surface area contributed by atoms with Crippen LogP contribution in [0.1, 0.15) is 12.7 Å². The van der Waals surface area contributed by atoms with Gasteiger partial charge in [-0.05, 0) is 23.3 Å². The quantitative estimate of drug-likeness (QED) is 0.879.